The van der Waals surface area contributed by atoms with Gasteiger partial charge in [-0.15, -0.1) is 0 Å². The molecule has 1 aliphatic rings. The van der Waals surface area contributed by atoms with Gasteiger partial charge in [0.15, 0.2) is 5.82 Å². The third kappa shape index (κ3) is 2.74. The highest BCUT2D eigenvalue weighted by Crippen LogP contribution is 2.28. The Bertz CT molecular complexity index is 830. The van der Waals surface area contributed by atoms with Crippen LogP contribution in [0.25, 0.3) is 5.52 Å². The molecule has 2 N–H and O–H groups in total. The predicted molar refractivity (Wildman–Crippen MR) is 93.1 cm³/mol. The number of nitrogens with zero attached hydrogens (tertiary/aromatic N) is 3. The fourth-order valence-corrected chi connectivity index (χ4v) is 3.33. The Morgan fingerprint density at radius 2 is 2.21 bits per heavy atom. The van der Waals surface area contributed by atoms with E-state index >= 15 is 0 Å². The second kappa shape index (κ2) is 6.59. The van der Waals surface area contributed by atoms with Crippen LogP contribution in [0.2, 0.25) is 0 Å². The van der Waals surface area contributed by atoms with E-state index in [4.69, 9.17) is 4.74 Å². The topological polar surface area (TPSA) is 63.5 Å². The van der Waals surface area contributed by atoms with Crippen molar-refractivity contribution in [3.8, 4) is 0 Å². The molecule has 1 atom stereocenters. The second-order valence-electron chi connectivity index (χ2n) is 6.02. The molecule has 6 heteroatoms. The van der Waals surface area contributed by atoms with Crippen molar-refractivity contribution in [2.75, 3.05) is 25.6 Å². The zero-order chi connectivity index (χ0) is 16.4. The van der Waals surface area contributed by atoms with Gasteiger partial charge in [0.25, 0.3) is 0 Å². The van der Waals surface area contributed by atoms with Gasteiger partial charge in [0, 0.05) is 19.9 Å². The van der Waals surface area contributed by atoms with Gasteiger partial charge in [0.05, 0.1) is 12.6 Å². The van der Waals surface area contributed by atoms with Gasteiger partial charge in [-0.05, 0) is 29.7 Å². The SMILES string of the molecule is COCC(Nc1ncnn2cc3c(c12)CCNC3)c1ccccc1. The van der Waals surface area contributed by atoms with Crippen LogP contribution in [0, 0.1) is 0 Å². The van der Waals surface area contributed by atoms with Crippen LogP contribution in [0.15, 0.2) is 42.9 Å². The fraction of sp³-hybridized carbons (Fsp3) is 0.333. The zero-order valence-electron chi connectivity index (χ0n) is 13.7. The molecule has 0 fully saturated rings. The van der Waals surface area contributed by atoms with Crippen LogP contribution < -0.4 is 10.6 Å². The van der Waals surface area contributed by atoms with Gasteiger partial charge in [-0.2, -0.15) is 5.10 Å². The maximum Gasteiger partial charge on any atom is 0.154 e. The van der Waals surface area contributed by atoms with E-state index in [2.05, 4.69) is 39.0 Å². The van der Waals surface area contributed by atoms with E-state index in [1.807, 2.05) is 22.7 Å². The van der Waals surface area contributed by atoms with Gasteiger partial charge in [-0.3, -0.25) is 0 Å². The van der Waals surface area contributed by atoms with Crippen LogP contribution in [0.5, 0.6) is 0 Å². The van der Waals surface area contributed by atoms with Crippen LogP contribution >= 0.6 is 0 Å². The molecule has 0 amide bonds. The first-order valence-corrected chi connectivity index (χ1v) is 8.22. The van der Waals surface area contributed by atoms with Crippen molar-refractivity contribution in [3.05, 3.63) is 59.5 Å². The van der Waals surface area contributed by atoms with Crippen LogP contribution in [-0.2, 0) is 17.7 Å². The standard InChI is InChI=1S/C18H21N5O/c1-24-11-16(13-5-3-2-4-6-13)22-18-17-15-7-8-19-9-14(15)10-23(17)21-12-20-18/h2-6,10,12,16,19H,7-9,11H2,1H3,(H,20,21,22). The molecule has 1 aliphatic heterocycles. The molecule has 3 heterocycles. The van der Waals surface area contributed by atoms with Crippen LogP contribution in [0.3, 0.4) is 0 Å². The summed E-state index contributed by atoms with van der Waals surface area (Å²) in [7, 11) is 1.72. The molecule has 0 spiro atoms. The molecule has 1 aromatic carbocycles. The van der Waals surface area contributed by atoms with Crippen LogP contribution in [-0.4, -0.2) is 34.9 Å². The highest BCUT2D eigenvalue weighted by atomic mass is 16.5. The normalized spacial score (nSPS) is 15.2. The van der Waals surface area contributed by atoms with E-state index in [9.17, 15) is 0 Å². The van der Waals surface area contributed by atoms with E-state index in [0.29, 0.717) is 6.61 Å². The Kier molecular flexibility index (Phi) is 4.15. The third-order valence-corrected chi connectivity index (χ3v) is 4.48. The summed E-state index contributed by atoms with van der Waals surface area (Å²) in [6.07, 6.45) is 4.69. The summed E-state index contributed by atoms with van der Waals surface area (Å²) in [5, 5.41) is 11.3. The lowest BCUT2D eigenvalue weighted by molar-refractivity contribution is 0.186. The number of ether oxygens (including phenoxy) is 1. The maximum absolute atomic E-state index is 5.41. The molecule has 2 aromatic heterocycles. The smallest absolute Gasteiger partial charge is 0.154 e. The van der Waals surface area contributed by atoms with E-state index < -0.39 is 0 Å². The Hall–Kier alpha value is -2.44. The van der Waals surface area contributed by atoms with E-state index in [1.165, 1.54) is 16.7 Å². The molecule has 24 heavy (non-hydrogen) atoms. The van der Waals surface area contributed by atoms with Crippen LogP contribution in [0.1, 0.15) is 22.7 Å². The minimum atomic E-state index is 0.0437. The van der Waals surface area contributed by atoms with Gasteiger partial charge in [0.1, 0.15) is 11.8 Å². The molecule has 3 aromatic rings. The average molecular weight is 323 g/mol. The maximum atomic E-state index is 5.41. The summed E-state index contributed by atoms with van der Waals surface area (Å²) in [5.74, 6) is 0.860. The minimum Gasteiger partial charge on any atom is -0.382 e. The second-order valence-corrected chi connectivity index (χ2v) is 6.02. The Morgan fingerprint density at radius 1 is 1.33 bits per heavy atom. The van der Waals surface area contributed by atoms with Crippen molar-refractivity contribution in [3.63, 3.8) is 0 Å². The molecule has 0 aliphatic carbocycles. The number of hydrogen-bond donors (Lipinski definition) is 2. The van der Waals surface area contributed by atoms with Crippen molar-refractivity contribution in [1.82, 2.24) is 19.9 Å². The van der Waals surface area contributed by atoms with E-state index in [1.54, 1.807) is 13.4 Å². The summed E-state index contributed by atoms with van der Waals surface area (Å²) >= 11 is 0. The number of anilines is 1. The minimum absolute atomic E-state index is 0.0437. The molecule has 0 saturated carbocycles. The first kappa shape index (κ1) is 15.1. The summed E-state index contributed by atoms with van der Waals surface area (Å²) < 4.78 is 7.35. The van der Waals surface area contributed by atoms with Crippen LogP contribution in [0.4, 0.5) is 5.82 Å². The summed E-state index contributed by atoms with van der Waals surface area (Å²) in [5.41, 5.74) is 4.89. The lowest BCUT2D eigenvalue weighted by atomic mass is 10.0. The number of nitrogens with one attached hydrogen (secondary N) is 2. The van der Waals surface area contributed by atoms with Crippen molar-refractivity contribution >= 4 is 11.3 Å². The largest absolute Gasteiger partial charge is 0.382 e. The van der Waals surface area contributed by atoms with Gasteiger partial charge in [-0.25, -0.2) is 9.50 Å². The number of benzene rings is 1. The summed E-state index contributed by atoms with van der Waals surface area (Å²) in [6, 6.07) is 10.4. The quantitative estimate of drug-likeness (QED) is 0.753. The van der Waals surface area contributed by atoms with E-state index in [0.717, 1.165) is 30.8 Å². The molecule has 124 valence electrons. The molecular weight excluding hydrogens is 302 g/mol. The molecule has 1 unspecified atom stereocenters. The monoisotopic (exact) mass is 323 g/mol. The lowest BCUT2D eigenvalue weighted by Crippen LogP contribution is -2.22. The Balaban J connectivity index is 1.74. The number of fused-ring (bicyclic) bond motifs is 3. The van der Waals surface area contributed by atoms with Gasteiger partial charge in [0.2, 0.25) is 0 Å². The molecule has 0 radical (unpaired) electrons. The molecular formula is C18H21N5O. The van der Waals surface area contributed by atoms with Crippen molar-refractivity contribution in [1.29, 1.82) is 0 Å². The highest BCUT2D eigenvalue weighted by Gasteiger charge is 2.20. The highest BCUT2D eigenvalue weighted by molar-refractivity contribution is 5.74. The Morgan fingerprint density at radius 3 is 3.04 bits per heavy atom. The number of hydrogen-bond acceptors (Lipinski definition) is 5. The van der Waals surface area contributed by atoms with Crippen molar-refractivity contribution < 1.29 is 4.74 Å². The fourth-order valence-electron chi connectivity index (χ4n) is 3.33. The molecule has 6 nitrogen and oxygen atoms in total. The van der Waals surface area contributed by atoms with Crippen molar-refractivity contribution in [2.24, 2.45) is 0 Å². The molecule has 0 bridgehead atoms. The Labute approximate surface area is 140 Å². The third-order valence-electron chi connectivity index (χ3n) is 4.48. The first-order chi connectivity index (χ1) is 11.9. The first-order valence-electron chi connectivity index (χ1n) is 8.22. The van der Waals surface area contributed by atoms with Gasteiger partial charge >= 0.3 is 0 Å². The zero-order valence-corrected chi connectivity index (χ0v) is 13.7. The number of methoxy groups -OCH3 is 1. The van der Waals surface area contributed by atoms with Gasteiger partial charge in [-0.1, -0.05) is 30.3 Å². The summed E-state index contributed by atoms with van der Waals surface area (Å²) in [4.78, 5) is 4.52. The molecule has 0 saturated heterocycles. The van der Waals surface area contributed by atoms with E-state index in [-0.39, 0.29) is 6.04 Å². The van der Waals surface area contributed by atoms with Gasteiger partial charge < -0.3 is 15.4 Å². The predicted octanol–water partition coefficient (Wildman–Crippen LogP) is 2.17. The average Bonchev–Trinajstić information content (AvgIpc) is 3.01. The van der Waals surface area contributed by atoms with Crippen molar-refractivity contribution in [2.45, 2.75) is 19.0 Å². The lowest BCUT2D eigenvalue weighted by Gasteiger charge is -2.20. The number of rotatable bonds is 5. The summed E-state index contributed by atoms with van der Waals surface area (Å²) in [6.45, 7) is 2.45. The number of aromatic nitrogens is 3. The molecule has 4 rings (SSSR count).